The Morgan fingerprint density at radius 1 is 1.14 bits per heavy atom. The summed E-state index contributed by atoms with van der Waals surface area (Å²) in [5.41, 5.74) is 1.63. The van der Waals surface area contributed by atoms with Gasteiger partial charge in [-0.1, -0.05) is 6.07 Å². The zero-order valence-electron chi connectivity index (χ0n) is 16.6. The molecule has 0 unspecified atom stereocenters. The highest BCUT2D eigenvalue weighted by Crippen LogP contribution is 2.41. The normalized spacial score (nSPS) is 25.4. The van der Waals surface area contributed by atoms with Crippen molar-refractivity contribution in [1.29, 1.82) is 0 Å². The summed E-state index contributed by atoms with van der Waals surface area (Å²) < 4.78 is 3.72. The van der Waals surface area contributed by atoms with Crippen LogP contribution in [0.3, 0.4) is 0 Å². The standard InChI is InChI=1S/C22H26N4O3/c1-24-9-3-5-18(24)22(29)25-12-15-10-16(13-25)19(11-23-21(28)14-7-8-14)26-17(15)4-2-6-20(26)27/h2-6,9,14-16,19H,7-8,10-13H2,1H3,(H,23,28)/t15-,16+,19+/m1/s1. The van der Waals surface area contributed by atoms with E-state index in [2.05, 4.69) is 5.32 Å². The number of fused-ring (bicyclic) bond motifs is 4. The van der Waals surface area contributed by atoms with Crippen LogP contribution in [0, 0.1) is 11.8 Å². The maximum Gasteiger partial charge on any atom is 0.270 e. The average molecular weight is 394 g/mol. The van der Waals surface area contributed by atoms with Crippen molar-refractivity contribution < 1.29 is 9.59 Å². The molecular weight excluding hydrogens is 368 g/mol. The predicted molar refractivity (Wildman–Crippen MR) is 108 cm³/mol. The first kappa shape index (κ1) is 18.2. The Morgan fingerprint density at radius 3 is 2.69 bits per heavy atom. The van der Waals surface area contributed by atoms with Crippen LogP contribution in [-0.2, 0) is 11.8 Å². The maximum absolute atomic E-state index is 13.1. The third-order valence-corrected chi connectivity index (χ3v) is 6.68. The van der Waals surface area contributed by atoms with Crippen molar-refractivity contribution in [2.45, 2.75) is 31.2 Å². The summed E-state index contributed by atoms with van der Waals surface area (Å²) in [5.74, 6) is 0.539. The van der Waals surface area contributed by atoms with Crippen molar-refractivity contribution in [2.24, 2.45) is 18.9 Å². The summed E-state index contributed by atoms with van der Waals surface area (Å²) in [6, 6.07) is 8.98. The van der Waals surface area contributed by atoms with Gasteiger partial charge >= 0.3 is 0 Å². The number of aryl methyl sites for hydroxylation is 1. The van der Waals surface area contributed by atoms with Gasteiger partial charge in [-0.3, -0.25) is 14.4 Å². The number of piperidine rings is 1. The summed E-state index contributed by atoms with van der Waals surface area (Å²) in [5, 5.41) is 3.06. The third kappa shape index (κ3) is 3.18. The van der Waals surface area contributed by atoms with Crippen LogP contribution < -0.4 is 10.9 Å². The lowest BCUT2D eigenvalue weighted by Gasteiger charge is -2.47. The summed E-state index contributed by atoms with van der Waals surface area (Å²) in [4.78, 5) is 40.0. The monoisotopic (exact) mass is 394 g/mol. The third-order valence-electron chi connectivity index (χ3n) is 6.68. The van der Waals surface area contributed by atoms with Gasteiger partial charge in [0.25, 0.3) is 11.5 Å². The van der Waals surface area contributed by atoms with Crippen molar-refractivity contribution >= 4 is 11.8 Å². The molecule has 0 aromatic carbocycles. The number of likely N-dealkylation sites (tertiary alicyclic amines) is 1. The molecule has 7 nitrogen and oxygen atoms in total. The Hall–Kier alpha value is -2.83. The Balaban J connectivity index is 1.45. The average Bonchev–Trinajstić information content (AvgIpc) is 3.48. The van der Waals surface area contributed by atoms with Gasteiger partial charge in [0.2, 0.25) is 5.91 Å². The van der Waals surface area contributed by atoms with Crippen LogP contribution in [0.25, 0.3) is 0 Å². The highest BCUT2D eigenvalue weighted by atomic mass is 16.2. The van der Waals surface area contributed by atoms with Gasteiger partial charge in [0.15, 0.2) is 0 Å². The number of aromatic nitrogens is 2. The summed E-state index contributed by atoms with van der Waals surface area (Å²) in [7, 11) is 1.88. The molecule has 29 heavy (non-hydrogen) atoms. The van der Waals surface area contributed by atoms with Gasteiger partial charge in [-0.15, -0.1) is 0 Å². The van der Waals surface area contributed by atoms with Gasteiger partial charge in [-0.05, 0) is 43.4 Å². The zero-order valence-corrected chi connectivity index (χ0v) is 16.6. The fraction of sp³-hybridized carbons (Fsp3) is 0.500. The van der Waals surface area contributed by atoms with Crippen LogP contribution in [0.15, 0.2) is 41.3 Å². The number of nitrogens with zero attached hydrogens (tertiary/aromatic N) is 3. The summed E-state index contributed by atoms with van der Waals surface area (Å²) >= 11 is 0. The molecule has 3 atom stereocenters. The first-order chi connectivity index (χ1) is 14.0. The van der Waals surface area contributed by atoms with Gasteiger partial charge in [0.05, 0.1) is 6.04 Å². The van der Waals surface area contributed by atoms with E-state index in [-0.39, 0.29) is 41.2 Å². The minimum atomic E-state index is -0.123. The lowest BCUT2D eigenvalue weighted by atomic mass is 9.78. The second-order valence-corrected chi connectivity index (χ2v) is 8.65. The molecule has 1 aliphatic carbocycles. The topological polar surface area (TPSA) is 76.3 Å². The van der Waals surface area contributed by atoms with Crippen molar-refractivity contribution in [2.75, 3.05) is 19.6 Å². The number of carbonyl (C=O) groups excluding carboxylic acids is 2. The molecule has 0 spiro atoms. The second-order valence-electron chi connectivity index (χ2n) is 8.65. The number of nitrogens with one attached hydrogen (secondary N) is 1. The van der Waals surface area contributed by atoms with Gasteiger partial charge in [0.1, 0.15) is 5.69 Å². The highest BCUT2D eigenvalue weighted by Gasteiger charge is 2.42. The molecule has 1 saturated heterocycles. The molecule has 2 bridgehead atoms. The molecule has 2 amide bonds. The number of hydrogen-bond acceptors (Lipinski definition) is 3. The van der Waals surface area contributed by atoms with Crippen molar-refractivity contribution in [3.05, 3.63) is 58.3 Å². The predicted octanol–water partition coefficient (Wildman–Crippen LogP) is 1.51. The van der Waals surface area contributed by atoms with E-state index in [9.17, 15) is 14.4 Å². The molecule has 152 valence electrons. The Labute approximate surface area is 169 Å². The van der Waals surface area contributed by atoms with Gasteiger partial charge in [-0.25, -0.2) is 0 Å². The minimum Gasteiger partial charge on any atom is -0.354 e. The molecule has 1 N–H and O–H groups in total. The van der Waals surface area contributed by atoms with Crippen LogP contribution in [-0.4, -0.2) is 45.5 Å². The van der Waals surface area contributed by atoms with E-state index < -0.39 is 0 Å². The largest absolute Gasteiger partial charge is 0.354 e. The van der Waals surface area contributed by atoms with Crippen LogP contribution in [0.2, 0.25) is 0 Å². The SMILES string of the molecule is Cn1cccc1C(=O)N1C[C@H]2C[C@@H](C1)[C@H](CNC(=O)C1CC1)n1c2cccc1=O. The molecule has 2 aromatic heterocycles. The van der Waals surface area contributed by atoms with E-state index in [0.29, 0.717) is 25.3 Å². The quantitative estimate of drug-likeness (QED) is 0.854. The van der Waals surface area contributed by atoms with Gasteiger partial charge < -0.3 is 19.4 Å². The minimum absolute atomic E-state index is 0.0231. The maximum atomic E-state index is 13.1. The van der Waals surface area contributed by atoms with E-state index in [0.717, 1.165) is 25.0 Å². The molecule has 7 heteroatoms. The number of carbonyl (C=O) groups is 2. The van der Waals surface area contributed by atoms with Crippen LogP contribution in [0.4, 0.5) is 0 Å². The molecule has 4 heterocycles. The van der Waals surface area contributed by atoms with Crippen LogP contribution >= 0.6 is 0 Å². The molecule has 5 rings (SSSR count). The number of hydrogen-bond donors (Lipinski definition) is 1. The molecule has 0 radical (unpaired) electrons. The van der Waals surface area contributed by atoms with Crippen molar-refractivity contribution in [1.82, 2.24) is 19.4 Å². The van der Waals surface area contributed by atoms with Crippen LogP contribution in [0.1, 0.15) is 47.4 Å². The Morgan fingerprint density at radius 2 is 1.97 bits per heavy atom. The van der Waals surface area contributed by atoms with Gasteiger partial charge in [-0.2, -0.15) is 0 Å². The fourth-order valence-corrected chi connectivity index (χ4v) is 5.01. The molecule has 2 aliphatic heterocycles. The molecule has 2 fully saturated rings. The van der Waals surface area contributed by atoms with E-state index in [1.54, 1.807) is 12.1 Å². The first-order valence-corrected chi connectivity index (χ1v) is 10.4. The van der Waals surface area contributed by atoms with Crippen LogP contribution in [0.5, 0.6) is 0 Å². The lowest BCUT2D eigenvalue weighted by Crippen LogP contribution is -2.53. The number of pyridine rings is 1. The zero-order chi connectivity index (χ0) is 20.1. The Kier molecular flexibility index (Phi) is 4.33. The molecule has 3 aliphatic rings. The van der Waals surface area contributed by atoms with Crippen molar-refractivity contribution in [3.8, 4) is 0 Å². The van der Waals surface area contributed by atoms with E-state index in [1.807, 2.05) is 45.5 Å². The smallest absolute Gasteiger partial charge is 0.270 e. The second kappa shape index (κ2) is 6.90. The van der Waals surface area contributed by atoms with E-state index >= 15 is 0 Å². The fourth-order valence-electron chi connectivity index (χ4n) is 5.01. The van der Waals surface area contributed by atoms with Gasteiger partial charge in [0, 0.05) is 56.5 Å². The molecule has 2 aromatic rings. The number of rotatable bonds is 4. The molecule has 1 saturated carbocycles. The number of amides is 2. The van der Waals surface area contributed by atoms with E-state index in [1.165, 1.54) is 0 Å². The Bertz CT molecular complexity index is 1020. The van der Waals surface area contributed by atoms with Crippen molar-refractivity contribution in [3.63, 3.8) is 0 Å². The summed E-state index contributed by atoms with van der Waals surface area (Å²) in [6.07, 6.45) is 4.72. The lowest BCUT2D eigenvalue weighted by molar-refractivity contribution is -0.122. The summed E-state index contributed by atoms with van der Waals surface area (Å²) in [6.45, 7) is 1.66. The highest BCUT2D eigenvalue weighted by molar-refractivity contribution is 5.93. The molecular formula is C22H26N4O3. The first-order valence-electron chi connectivity index (χ1n) is 10.4. The van der Waals surface area contributed by atoms with E-state index in [4.69, 9.17) is 0 Å².